The number of aromatic nitrogens is 1. The number of carbonyl (C=O) groups is 1. The minimum Gasteiger partial charge on any atom is -0.355 e. The number of amides is 1. The van der Waals surface area contributed by atoms with Crippen LogP contribution in [0.15, 0.2) is 66.9 Å². The summed E-state index contributed by atoms with van der Waals surface area (Å²) < 4.78 is 55.9. The van der Waals surface area contributed by atoms with Gasteiger partial charge in [-0.2, -0.15) is 9.57 Å². The summed E-state index contributed by atoms with van der Waals surface area (Å²) in [5.74, 6) is -2.31. The van der Waals surface area contributed by atoms with Crippen LogP contribution in [0.2, 0.25) is 0 Å². The van der Waals surface area contributed by atoms with E-state index in [4.69, 9.17) is 5.26 Å². The zero-order chi connectivity index (χ0) is 29.1. The van der Waals surface area contributed by atoms with Gasteiger partial charge in [0.1, 0.15) is 23.5 Å². The standard InChI is InChI=1S/C30H31F2N5O3S/c1-41(39,40)37-15-14-35(13-5-8-28(37)22-6-3-2-4-7-22)30(38)26-20-36(29-12-9-21(17-33)18-34-29)19-25(26)24-11-10-23(31)16-27(24)32/h2-4,6-7,9-12,16,18,25-26,28H,5,8,13-15,19-20H2,1H3. The molecule has 11 heteroatoms. The predicted octanol–water partition coefficient (Wildman–Crippen LogP) is 4.08. The fraction of sp³-hybridized carbons (Fsp3) is 0.367. The van der Waals surface area contributed by atoms with Crippen molar-refractivity contribution in [3.8, 4) is 6.07 Å². The van der Waals surface area contributed by atoms with Gasteiger partial charge in [0, 0.05) is 56.9 Å². The number of hydrogen-bond acceptors (Lipinski definition) is 6. The first-order chi connectivity index (χ1) is 19.7. The molecule has 2 aliphatic rings. The second kappa shape index (κ2) is 11.9. The average molecular weight is 580 g/mol. The lowest BCUT2D eigenvalue weighted by molar-refractivity contribution is -0.135. The number of nitrogens with zero attached hydrogens (tertiary/aromatic N) is 5. The molecule has 2 aliphatic heterocycles. The van der Waals surface area contributed by atoms with Gasteiger partial charge in [0.25, 0.3) is 0 Å². The molecule has 2 fully saturated rings. The van der Waals surface area contributed by atoms with Crippen molar-refractivity contribution >= 4 is 21.7 Å². The summed E-state index contributed by atoms with van der Waals surface area (Å²) in [6.07, 6.45) is 3.76. The fourth-order valence-electron chi connectivity index (χ4n) is 5.96. The van der Waals surface area contributed by atoms with Crippen LogP contribution in [0.3, 0.4) is 0 Å². The smallest absolute Gasteiger partial charge is 0.228 e. The van der Waals surface area contributed by atoms with Crippen LogP contribution < -0.4 is 4.90 Å². The Morgan fingerprint density at radius 3 is 2.46 bits per heavy atom. The van der Waals surface area contributed by atoms with Gasteiger partial charge in [0.2, 0.25) is 15.9 Å². The van der Waals surface area contributed by atoms with Gasteiger partial charge in [-0.15, -0.1) is 0 Å². The molecule has 41 heavy (non-hydrogen) atoms. The molecule has 5 rings (SSSR count). The number of hydrogen-bond donors (Lipinski definition) is 0. The Kier molecular flexibility index (Phi) is 8.33. The van der Waals surface area contributed by atoms with Gasteiger partial charge in [-0.25, -0.2) is 22.2 Å². The lowest BCUT2D eigenvalue weighted by Crippen LogP contribution is -2.47. The molecule has 2 saturated heterocycles. The number of anilines is 1. The van der Waals surface area contributed by atoms with Crippen LogP contribution >= 0.6 is 0 Å². The number of benzene rings is 2. The molecule has 0 saturated carbocycles. The van der Waals surface area contributed by atoms with E-state index >= 15 is 4.39 Å². The highest BCUT2D eigenvalue weighted by Crippen LogP contribution is 2.38. The lowest BCUT2D eigenvalue weighted by Gasteiger charge is -2.37. The number of sulfonamides is 1. The topological polar surface area (TPSA) is 97.6 Å². The number of nitriles is 1. The SMILES string of the molecule is CS(=O)(=O)N1CCN(C(=O)C2CN(c3ccc(C#N)cn3)CC2c2ccc(F)cc2F)CCCC1c1ccccc1. The first-order valence-corrected chi connectivity index (χ1v) is 15.4. The van der Waals surface area contributed by atoms with E-state index in [1.807, 2.05) is 41.3 Å². The third-order valence-electron chi connectivity index (χ3n) is 7.97. The summed E-state index contributed by atoms with van der Waals surface area (Å²) >= 11 is 0. The van der Waals surface area contributed by atoms with E-state index in [9.17, 15) is 17.6 Å². The zero-order valence-electron chi connectivity index (χ0n) is 22.7. The van der Waals surface area contributed by atoms with E-state index < -0.39 is 33.5 Å². The molecule has 0 radical (unpaired) electrons. The van der Waals surface area contributed by atoms with E-state index in [2.05, 4.69) is 4.98 Å². The van der Waals surface area contributed by atoms with Crippen molar-refractivity contribution in [1.29, 1.82) is 5.26 Å². The molecule has 3 aromatic rings. The van der Waals surface area contributed by atoms with Crippen molar-refractivity contribution in [3.63, 3.8) is 0 Å². The Balaban J connectivity index is 1.41. The molecule has 3 atom stereocenters. The third-order valence-corrected chi connectivity index (χ3v) is 9.25. The molecule has 1 amide bonds. The van der Waals surface area contributed by atoms with Crippen LogP contribution in [0.25, 0.3) is 0 Å². The normalized spacial score (nSPS) is 22.1. The maximum atomic E-state index is 15.0. The maximum Gasteiger partial charge on any atom is 0.228 e. The van der Waals surface area contributed by atoms with Crippen LogP contribution in [0.5, 0.6) is 0 Å². The highest BCUT2D eigenvalue weighted by molar-refractivity contribution is 7.88. The van der Waals surface area contributed by atoms with Crippen LogP contribution in [-0.2, 0) is 14.8 Å². The van der Waals surface area contributed by atoms with Gasteiger partial charge in [-0.1, -0.05) is 36.4 Å². The molecular formula is C30H31F2N5O3S. The van der Waals surface area contributed by atoms with Crippen molar-refractivity contribution < 1.29 is 22.0 Å². The number of halogens is 2. The van der Waals surface area contributed by atoms with E-state index in [-0.39, 0.29) is 43.7 Å². The maximum absolute atomic E-state index is 15.0. The molecule has 2 aromatic carbocycles. The molecule has 0 bridgehead atoms. The molecule has 3 unspecified atom stereocenters. The Morgan fingerprint density at radius 2 is 1.80 bits per heavy atom. The minimum atomic E-state index is -3.57. The molecule has 214 valence electrons. The highest BCUT2D eigenvalue weighted by atomic mass is 32.2. The first-order valence-electron chi connectivity index (χ1n) is 13.5. The third kappa shape index (κ3) is 6.24. The Labute approximate surface area is 238 Å². The summed E-state index contributed by atoms with van der Waals surface area (Å²) in [7, 11) is -3.57. The molecule has 0 spiro atoms. The Morgan fingerprint density at radius 1 is 1.02 bits per heavy atom. The van der Waals surface area contributed by atoms with Crippen molar-refractivity contribution in [2.45, 2.75) is 24.8 Å². The fourth-order valence-corrected chi connectivity index (χ4v) is 7.07. The first kappa shape index (κ1) is 28.6. The monoisotopic (exact) mass is 579 g/mol. The van der Waals surface area contributed by atoms with Gasteiger partial charge < -0.3 is 9.80 Å². The zero-order valence-corrected chi connectivity index (χ0v) is 23.5. The number of carbonyl (C=O) groups excluding carboxylic acids is 1. The number of pyridine rings is 1. The largest absolute Gasteiger partial charge is 0.355 e. The summed E-state index contributed by atoms with van der Waals surface area (Å²) in [5.41, 5.74) is 1.55. The van der Waals surface area contributed by atoms with Crippen molar-refractivity contribution in [3.05, 3.63) is 95.2 Å². The van der Waals surface area contributed by atoms with E-state index in [1.165, 1.54) is 28.9 Å². The Hall–Kier alpha value is -3.88. The van der Waals surface area contributed by atoms with Crippen LogP contribution in [0.4, 0.5) is 14.6 Å². The summed E-state index contributed by atoms with van der Waals surface area (Å²) in [5, 5.41) is 9.12. The lowest BCUT2D eigenvalue weighted by atomic mass is 9.87. The average Bonchev–Trinajstić information content (AvgIpc) is 3.38. The summed E-state index contributed by atoms with van der Waals surface area (Å²) in [6.45, 7) is 1.28. The van der Waals surface area contributed by atoms with E-state index in [1.54, 1.807) is 17.0 Å². The van der Waals surface area contributed by atoms with E-state index in [0.717, 1.165) is 11.6 Å². The van der Waals surface area contributed by atoms with Crippen molar-refractivity contribution in [2.24, 2.45) is 5.92 Å². The predicted molar refractivity (Wildman–Crippen MR) is 150 cm³/mol. The quantitative estimate of drug-likeness (QED) is 0.452. The second-order valence-corrected chi connectivity index (χ2v) is 12.5. The molecule has 8 nitrogen and oxygen atoms in total. The molecule has 3 heterocycles. The highest BCUT2D eigenvalue weighted by Gasteiger charge is 2.42. The van der Waals surface area contributed by atoms with E-state index in [0.29, 0.717) is 30.8 Å². The van der Waals surface area contributed by atoms with Gasteiger partial charge in [0.05, 0.1) is 17.7 Å². The summed E-state index contributed by atoms with van der Waals surface area (Å²) in [6, 6.07) is 17.9. The number of rotatable bonds is 5. The van der Waals surface area contributed by atoms with Crippen LogP contribution in [-0.4, -0.2) is 67.5 Å². The van der Waals surface area contributed by atoms with Crippen LogP contribution in [0, 0.1) is 28.9 Å². The molecule has 0 aliphatic carbocycles. The van der Waals surface area contributed by atoms with Gasteiger partial charge in [0.15, 0.2) is 0 Å². The molecule has 1 aromatic heterocycles. The van der Waals surface area contributed by atoms with Crippen molar-refractivity contribution in [2.75, 3.05) is 43.9 Å². The van der Waals surface area contributed by atoms with Gasteiger partial charge in [-0.05, 0) is 42.2 Å². The van der Waals surface area contributed by atoms with Crippen LogP contribution in [0.1, 0.15) is 41.5 Å². The second-order valence-electron chi connectivity index (χ2n) is 10.6. The molecular weight excluding hydrogens is 548 g/mol. The van der Waals surface area contributed by atoms with Gasteiger partial charge in [-0.3, -0.25) is 4.79 Å². The van der Waals surface area contributed by atoms with Gasteiger partial charge >= 0.3 is 0 Å². The Bertz CT molecular complexity index is 1550. The summed E-state index contributed by atoms with van der Waals surface area (Å²) in [4.78, 5) is 22.0. The van der Waals surface area contributed by atoms with Crippen molar-refractivity contribution in [1.82, 2.24) is 14.2 Å². The molecule has 0 N–H and O–H groups in total. The minimum absolute atomic E-state index is 0.132.